The number of halogens is 4. The van der Waals surface area contributed by atoms with Gasteiger partial charge in [-0.1, -0.05) is 11.6 Å². The highest BCUT2D eigenvalue weighted by molar-refractivity contribution is 7.88. The highest BCUT2D eigenvalue weighted by atomic mass is 35.5. The van der Waals surface area contributed by atoms with Gasteiger partial charge in [0.05, 0.1) is 18.8 Å². The first-order chi connectivity index (χ1) is 17.4. The van der Waals surface area contributed by atoms with Gasteiger partial charge < -0.3 is 23.7 Å². The fourth-order valence-corrected chi connectivity index (χ4v) is 3.46. The van der Waals surface area contributed by atoms with E-state index in [-0.39, 0.29) is 43.6 Å². The van der Waals surface area contributed by atoms with E-state index < -0.39 is 39.7 Å². The van der Waals surface area contributed by atoms with Crippen molar-refractivity contribution >= 4 is 27.9 Å². The number of nitrogens with zero attached hydrogens (tertiary/aromatic N) is 1. The zero-order chi connectivity index (χ0) is 27.5. The number of benzene rings is 1. The van der Waals surface area contributed by atoms with Gasteiger partial charge in [-0.25, -0.2) is 14.5 Å². The molecule has 11 nitrogen and oxygen atoms in total. The van der Waals surface area contributed by atoms with Crippen molar-refractivity contribution in [1.29, 1.82) is 0 Å². The van der Waals surface area contributed by atoms with E-state index in [2.05, 4.69) is 9.71 Å². The molecule has 2 rings (SSSR count). The van der Waals surface area contributed by atoms with Gasteiger partial charge in [0.1, 0.15) is 29.7 Å². The van der Waals surface area contributed by atoms with Crippen LogP contribution in [0, 0.1) is 0 Å². The summed E-state index contributed by atoms with van der Waals surface area (Å²) in [5.41, 5.74) is -0.869. The molecule has 0 aliphatic rings. The van der Waals surface area contributed by atoms with Gasteiger partial charge in [0.25, 0.3) is 0 Å². The molecule has 2 N–H and O–H groups in total. The number of ether oxygens (including phenoxy) is 5. The van der Waals surface area contributed by atoms with Crippen molar-refractivity contribution in [2.45, 2.75) is 19.7 Å². The second-order valence-corrected chi connectivity index (χ2v) is 8.90. The molecule has 37 heavy (non-hydrogen) atoms. The normalized spacial score (nSPS) is 11.7. The third-order valence-corrected chi connectivity index (χ3v) is 5.55. The molecule has 0 radical (unpaired) electrons. The van der Waals surface area contributed by atoms with E-state index in [1.807, 2.05) is 0 Å². The van der Waals surface area contributed by atoms with Crippen molar-refractivity contribution in [2.75, 3.05) is 40.1 Å². The Hall–Kier alpha value is -2.85. The van der Waals surface area contributed by atoms with Crippen LogP contribution in [-0.4, -0.2) is 59.6 Å². The number of carbonyl (C=O) groups excluding carboxylic acids is 1. The number of hydrogen-bond donors (Lipinski definition) is 2. The van der Waals surface area contributed by atoms with Crippen LogP contribution in [0.4, 0.5) is 18.0 Å². The Balaban J connectivity index is 2.16. The van der Waals surface area contributed by atoms with E-state index >= 15 is 0 Å². The Kier molecular flexibility index (Phi) is 11.6. The first kappa shape index (κ1) is 30.4. The van der Waals surface area contributed by atoms with Crippen LogP contribution in [0.3, 0.4) is 0 Å². The van der Waals surface area contributed by atoms with E-state index in [9.17, 15) is 26.4 Å². The Morgan fingerprint density at radius 1 is 1.16 bits per heavy atom. The van der Waals surface area contributed by atoms with Gasteiger partial charge in [0.2, 0.25) is 5.88 Å². The molecule has 1 aromatic carbocycles. The molecule has 0 saturated carbocycles. The van der Waals surface area contributed by atoms with Crippen LogP contribution in [-0.2, 0) is 37.2 Å². The molecular formula is C21H25ClF3N3O8S. The summed E-state index contributed by atoms with van der Waals surface area (Å²) >= 11 is 5.93. The quantitative estimate of drug-likeness (QED) is 0.326. The summed E-state index contributed by atoms with van der Waals surface area (Å²) < 4.78 is 92.3. The maximum Gasteiger partial charge on any atom is 0.422 e. The number of nitrogens with one attached hydrogen (secondary N) is 2. The molecule has 0 atom stereocenters. The van der Waals surface area contributed by atoms with E-state index in [1.54, 1.807) is 11.6 Å². The van der Waals surface area contributed by atoms with Gasteiger partial charge in [-0.15, -0.1) is 0 Å². The van der Waals surface area contributed by atoms with Crippen LogP contribution in [0.2, 0.25) is 5.02 Å². The molecule has 0 aliphatic carbocycles. The Labute approximate surface area is 216 Å². The third kappa shape index (κ3) is 10.6. The van der Waals surface area contributed by atoms with E-state index in [1.165, 1.54) is 25.3 Å². The highest BCUT2D eigenvalue weighted by Gasteiger charge is 2.32. The van der Waals surface area contributed by atoms with Gasteiger partial charge in [0, 0.05) is 38.1 Å². The van der Waals surface area contributed by atoms with Crippen LogP contribution in [0.15, 0.2) is 30.5 Å². The van der Waals surface area contributed by atoms with Crippen molar-refractivity contribution in [2.24, 2.45) is 0 Å². The molecule has 1 heterocycles. The van der Waals surface area contributed by atoms with Crippen LogP contribution in [0.5, 0.6) is 17.4 Å². The standard InChI is InChI=1S/C21H25ClF3N3O8S/c1-3-33-7-6-27-37(30,31)28-20(29)35-13-14-4-5-16(34-9-8-32-2)11-18(14)36-19-17(22)10-15(12-26-19)21(23,24)25/h4-5,10-12,27H,3,6-9,13H2,1-2H3,(H,28,29). The lowest BCUT2D eigenvalue weighted by Crippen LogP contribution is -2.41. The van der Waals surface area contributed by atoms with Gasteiger partial charge in [0.15, 0.2) is 0 Å². The maximum atomic E-state index is 12.9. The summed E-state index contributed by atoms with van der Waals surface area (Å²) in [5.74, 6) is -0.0746. The summed E-state index contributed by atoms with van der Waals surface area (Å²) in [6.07, 6.45) is -5.40. The molecule has 2 aromatic rings. The topological polar surface area (TPSA) is 134 Å². The number of aromatic nitrogens is 1. The molecule has 0 bridgehead atoms. The van der Waals surface area contributed by atoms with Crippen LogP contribution in [0.25, 0.3) is 0 Å². The third-order valence-electron chi connectivity index (χ3n) is 4.26. The smallest absolute Gasteiger partial charge is 0.422 e. The lowest BCUT2D eigenvalue weighted by molar-refractivity contribution is -0.137. The molecule has 0 unspecified atom stereocenters. The molecular weight excluding hydrogens is 547 g/mol. The SMILES string of the molecule is CCOCCNS(=O)(=O)NC(=O)OCc1ccc(OCCOC)cc1Oc1ncc(C(F)(F)F)cc1Cl. The number of amides is 1. The fraction of sp³-hybridized carbons (Fsp3) is 0.429. The van der Waals surface area contributed by atoms with Crippen molar-refractivity contribution in [3.05, 3.63) is 46.6 Å². The fourth-order valence-electron chi connectivity index (χ4n) is 2.55. The maximum absolute atomic E-state index is 12.9. The van der Waals surface area contributed by atoms with Gasteiger partial charge in [-0.05, 0) is 25.1 Å². The second-order valence-electron chi connectivity index (χ2n) is 6.99. The first-order valence-electron chi connectivity index (χ1n) is 10.6. The predicted octanol–water partition coefficient (Wildman–Crippen LogP) is 3.67. The molecule has 1 amide bonds. The van der Waals surface area contributed by atoms with Gasteiger partial charge >= 0.3 is 22.5 Å². The lowest BCUT2D eigenvalue weighted by Gasteiger charge is -2.15. The summed E-state index contributed by atoms with van der Waals surface area (Å²) in [4.78, 5) is 15.6. The molecule has 206 valence electrons. The summed E-state index contributed by atoms with van der Waals surface area (Å²) in [5, 5.41) is -0.422. The van der Waals surface area contributed by atoms with Crippen molar-refractivity contribution in [1.82, 2.24) is 14.4 Å². The number of methoxy groups -OCH3 is 1. The van der Waals surface area contributed by atoms with Crippen LogP contribution >= 0.6 is 11.6 Å². The Morgan fingerprint density at radius 3 is 2.57 bits per heavy atom. The molecule has 0 fully saturated rings. The minimum Gasteiger partial charge on any atom is -0.491 e. The molecule has 0 aliphatic heterocycles. The zero-order valence-corrected chi connectivity index (χ0v) is 21.3. The molecule has 0 spiro atoms. The number of alkyl halides is 3. The van der Waals surface area contributed by atoms with Crippen molar-refractivity contribution in [3.63, 3.8) is 0 Å². The minimum atomic E-state index is -4.66. The van der Waals surface area contributed by atoms with E-state index in [0.29, 0.717) is 24.6 Å². The molecule has 16 heteroatoms. The zero-order valence-electron chi connectivity index (χ0n) is 19.8. The average Bonchev–Trinajstić information content (AvgIpc) is 2.82. The largest absolute Gasteiger partial charge is 0.491 e. The predicted molar refractivity (Wildman–Crippen MR) is 125 cm³/mol. The summed E-state index contributed by atoms with van der Waals surface area (Å²) in [6, 6.07) is 4.97. The number of hydrogen-bond acceptors (Lipinski definition) is 9. The Bertz CT molecular complexity index is 1150. The van der Waals surface area contributed by atoms with Crippen LogP contribution < -0.4 is 18.9 Å². The highest BCUT2D eigenvalue weighted by Crippen LogP contribution is 2.36. The number of pyridine rings is 1. The van der Waals surface area contributed by atoms with E-state index in [4.69, 9.17) is 35.3 Å². The minimum absolute atomic E-state index is 0.0189. The van der Waals surface area contributed by atoms with Gasteiger partial charge in [-0.2, -0.15) is 26.3 Å². The number of rotatable bonds is 14. The molecule has 1 aromatic heterocycles. The average molecular weight is 572 g/mol. The van der Waals surface area contributed by atoms with Crippen molar-refractivity contribution < 1.29 is 50.1 Å². The van der Waals surface area contributed by atoms with Gasteiger partial charge in [-0.3, -0.25) is 0 Å². The Morgan fingerprint density at radius 2 is 1.92 bits per heavy atom. The monoisotopic (exact) mass is 571 g/mol. The molecule has 0 saturated heterocycles. The van der Waals surface area contributed by atoms with E-state index in [0.717, 1.165) is 0 Å². The lowest BCUT2D eigenvalue weighted by atomic mass is 10.2. The van der Waals surface area contributed by atoms with Crippen molar-refractivity contribution in [3.8, 4) is 17.4 Å². The summed E-state index contributed by atoms with van der Waals surface area (Å²) in [7, 11) is -2.72. The van der Waals surface area contributed by atoms with Crippen LogP contribution in [0.1, 0.15) is 18.1 Å². The first-order valence-corrected chi connectivity index (χ1v) is 12.5. The number of carbonyl (C=O) groups is 1. The summed E-state index contributed by atoms with van der Waals surface area (Å²) in [6.45, 7) is 2.15. The second kappa shape index (κ2) is 14.2.